The summed E-state index contributed by atoms with van der Waals surface area (Å²) in [5.41, 5.74) is 0.747. The number of rotatable bonds is 5. The van der Waals surface area contributed by atoms with Gasteiger partial charge in [-0.25, -0.2) is 23.5 Å². The molecule has 0 bridgehead atoms. The molecule has 2 atom stereocenters. The zero-order valence-electron chi connectivity index (χ0n) is 27.0. The Morgan fingerprint density at radius 2 is 1.89 bits per heavy atom. The highest BCUT2D eigenvalue weighted by Gasteiger charge is 2.35. The van der Waals surface area contributed by atoms with Crippen LogP contribution in [0.15, 0.2) is 12.4 Å². The van der Waals surface area contributed by atoms with Gasteiger partial charge in [0.15, 0.2) is 11.6 Å². The molecule has 3 aliphatic heterocycles. The van der Waals surface area contributed by atoms with E-state index in [1.54, 1.807) is 27.0 Å². The first kappa shape index (κ1) is 31.6. The molecule has 7 rings (SSSR count). The molecule has 2 fully saturated rings. The largest absolute Gasteiger partial charge is 0.444 e. The van der Waals surface area contributed by atoms with Crippen molar-refractivity contribution >= 4 is 49.4 Å². The molecule has 14 heteroatoms. The van der Waals surface area contributed by atoms with E-state index in [9.17, 15) is 10.1 Å². The van der Waals surface area contributed by atoms with Gasteiger partial charge in [0.2, 0.25) is 5.95 Å². The predicted molar refractivity (Wildman–Crippen MR) is 175 cm³/mol. The van der Waals surface area contributed by atoms with Crippen LogP contribution in [0.5, 0.6) is 0 Å². The van der Waals surface area contributed by atoms with Gasteiger partial charge in [-0.1, -0.05) is 0 Å². The van der Waals surface area contributed by atoms with Crippen LogP contribution in [-0.2, 0) is 22.7 Å². The van der Waals surface area contributed by atoms with Crippen LogP contribution in [0.1, 0.15) is 50.3 Å². The third-order valence-electron chi connectivity index (χ3n) is 9.28. The standard InChI is InChI=1S/C33H36F2N8O3S/c1-33(2,3)46-32(44)40-30-19(10-36)25-28(37-12-23(34)29(25)47-30)24-22-16-45-15-21(22)20-11-38-31(39-27(20)26(24)35)43-9-7-18(14-43)42(5)17-6-8-41(4)13-17/h11-12,17-18H,6-9,13-16H2,1-5H3,(H,40,44)/t17-,18+/m0/s1. The minimum Gasteiger partial charge on any atom is -0.444 e. The molecule has 6 heterocycles. The van der Waals surface area contributed by atoms with Crippen molar-refractivity contribution in [3.63, 3.8) is 0 Å². The average molecular weight is 663 g/mol. The lowest BCUT2D eigenvalue weighted by atomic mass is 9.94. The van der Waals surface area contributed by atoms with E-state index in [-0.39, 0.29) is 50.6 Å². The fourth-order valence-electron chi connectivity index (χ4n) is 6.95. The number of carbonyl (C=O) groups excluding carboxylic acids is 1. The Morgan fingerprint density at radius 1 is 1.15 bits per heavy atom. The van der Waals surface area contributed by atoms with Gasteiger partial charge in [0, 0.05) is 54.3 Å². The molecule has 47 heavy (non-hydrogen) atoms. The van der Waals surface area contributed by atoms with Gasteiger partial charge in [-0.3, -0.25) is 15.2 Å². The smallest absolute Gasteiger partial charge is 0.412 e. The number of ether oxygens (including phenoxy) is 2. The minimum atomic E-state index is -0.795. The molecular weight excluding hydrogens is 626 g/mol. The van der Waals surface area contributed by atoms with Crippen LogP contribution in [0, 0.1) is 23.0 Å². The van der Waals surface area contributed by atoms with Crippen LogP contribution in [0.3, 0.4) is 0 Å². The summed E-state index contributed by atoms with van der Waals surface area (Å²) in [5, 5.41) is 13.5. The normalized spacial score (nSPS) is 20.0. The average Bonchev–Trinajstić information content (AvgIpc) is 3.83. The summed E-state index contributed by atoms with van der Waals surface area (Å²) >= 11 is 0.870. The van der Waals surface area contributed by atoms with Gasteiger partial charge >= 0.3 is 6.09 Å². The number of halogens is 2. The van der Waals surface area contributed by atoms with Gasteiger partial charge in [-0.15, -0.1) is 11.3 Å². The number of hydrogen-bond acceptors (Lipinski definition) is 11. The lowest BCUT2D eigenvalue weighted by molar-refractivity contribution is 0.0636. The molecule has 0 unspecified atom stereocenters. The number of thiophene rings is 1. The molecule has 246 valence electrons. The van der Waals surface area contributed by atoms with Gasteiger partial charge in [-0.2, -0.15) is 5.26 Å². The van der Waals surface area contributed by atoms with E-state index in [0.29, 0.717) is 29.0 Å². The number of likely N-dealkylation sites (tertiary alicyclic amines) is 1. The molecule has 0 saturated carbocycles. The van der Waals surface area contributed by atoms with Crippen molar-refractivity contribution in [3.8, 4) is 17.3 Å². The van der Waals surface area contributed by atoms with Crippen molar-refractivity contribution in [1.29, 1.82) is 5.26 Å². The second-order valence-corrected chi connectivity index (χ2v) is 14.6. The highest BCUT2D eigenvalue weighted by Crippen LogP contribution is 2.46. The van der Waals surface area contributed by atoms with Gasteiger partial charge in [0.25, 0.3) is 0 Å². The zero-order valence-corrected chi connectivity index (χ0v) is 27.8. The van der Waals surface area contributed by atoms with Gasteiger partial charge in [0.1, 0.15) is 22.2 Å². The van der Waals surface area contributed by atoms with E-state index in [2.05, 4.69) is 50.1 Å². The Bertz CT molecular complexity index is 1950. The van der Waals surface area contributed by atoms with Gasteiger partial charge in [-0.05, 0) is 65.4 Å². The van der Waals surface area contributed by atoms with E-state index in [1.165, 1.54) is 0 Å². The second kappa shape index (κ2) is 11.9. The Hall–Kier alpha value is -4.03. The third-order valence-corrected chi connectivity index (χ3v) is 10.4. The van der Waals surface area contributed by atoms with E-state index in [4.69, 9.17) is 14.5 Å². The number of nitriles is 1. The summed E-state index contributed by atoms with van der Waals surface area (Å²) in [6.07, 6.45) is 3.96. The van der Waals surface area contributed by atoms with Gasteiger partial charge in [0.05, 0.1) is 35.4 Å². The Kier molecular flexibility index (Phi) is 7.99. The summed E-state index contributed by atoms with van der Waals surface area (Å²) in [4.78, 5) is 33.3. The number of anilines is 2. The molecule has 0 spiro atoms. The van der Waals surface area contributed by atoms with Crippen molar-refractivity contribution in [2.24, 2.45) is 0 Å². The Morgan fingerprint density at radius 3 is 2.62 bits per heavy atom. The maximum Gasteiger partial charge on any atom is 0.412 e. The molecular formula is C33H36F2N8O3S. The summed E-state index contributed by atoms with van der Waals surface area (Å²) < 4.78 is 43.3. The molecule has 4 aromatic rings. The number of pyridine rings is 1. The number of likely N-dealkylation sites (N-methyl/N-ethyl adjacent to an activating group) is 2. The van der Waals surface area contributed by atoms with Crippen molar-refractivity contribution in [1.82, 2.24) is 24.8 Å². The first-order valence-corrected chi connectivity index (χ1v) is 16.5. The molecule has 3 aliphatic rings. The molecule has 11 nitrogen and oxygen atoms in total. The van der Waals surface area contributed by atoms with Gasteiger partial charge < -0.3 is 19.3 Å². The molecule has 1 amide bonds. The van der Waals surface area contributed by atoms with Crippen LogP contribution < -0.4 is 10.2 Å². The third kappa shape index (κ3) is 5.65. The maximum absolute atomic E-state index is 16.9. The predicted octanol–water partition coefficient (Wildman–Crippen LogP) is 5.65. The lowest BCUT2D eigenvalue weighted by Crippen LogP contribution is -2.43. The quantitative estimate of drug-likeness (QED) is 0.287. The molecule has 0 radical (unpaired) electrons. The van der Waals surface area contributed by atoms with Crippen LogP contribution in [0.25, 0.3) is 32.2 Å². The van der Waals surface area contributed by atoms with Crippen molar-refractivity contribution in [2.75, 3.05) is 50.5 Å². The fourth-order valence-corrected chi connectivity index (χ4v) is 7.99. The summed E-state index contributed by atoms with van der Waals surface area (Å²) in [5.74, 6) is -0.902. The number of amides is 1. The van der Waals surface area contributed by atoms with Crippen LogP contribution in [0.2, 0.25) is 0 Å². The highest BCUT2D eigenvalue weighted by atomic mass is 32.1. The number of nitrogens with one attached hydrogen (secondary N) is 1. The van der Waals surface area contributed by atoms with E-state index in [0.717, 1.165) is 62.1 Å². The van der Waals surface area contributed by atoms with E-state index >= 15 is 8.78 Å². The molecule has 0 aliphatic carbocycles. The van der Waals surface area contributed by atoms with Crippen molar-refractivity contribution in [2.45, 2.75) is 64.5 Å². The highest BCUT2D eigenvalue weighted by molar-refractivity contribution is 7.23. The number of carbonyl (C=O) groups is 1. The number of fused-ring (bicyclic) bond motifs is 4. The summed E-state index contributed by atoms with van der Waals surface area (Å²) in [7, 11) is 4.33. The minimum absolute atomic E-state index is 0.0333. The lowest BCUT2D eigenvalue weighted by Gasteiger charge is -2.30. The Labute approximate surface area is 275 Å². The van der Waals surface area contributed by atoms with E-state index < -0.39 is 23.3 Å². The first-order valence-electron chi connectivity index (χ1n) is 15.7. The number of nitrogens with zero attached hydrogens (tertiary/aromatic N) is 7. The summed E-state index contributed by atoms with van der Waals surface area (Å²) in [6.45, 7) is 9.07. The monoisotopic (exact) mass is 662 g/mol. The van der Waals surface area contributed by atoms with Crippen molar-refractivity contribution < 1.29 is 23.0 Å². The first-order chi connectivity index (χ1) is 22.4. The molecule has 2 saturated heterocycles. The Balaban J connectivity index is 1.30. The SMILES string of the molecule is CN1CC[C@H](N(C)[C@@H]2CCN(c3ncc4c5c(c(-c6ncc(F)c7sc(NC(=O)OC(C)(C)C)c(C#N)c67)c(F)c4n3)COC5)C2)C1. The zero-order chi connectivity index (χ0) is 33.2. The number of aromatic nitrogens is 3. The molecule has 1 N–H and O–H groups in total. The van der Waals surface area contributed by atoms with Crippen LogP contribution in [-0.4, -0.2) is 88.8 Å². The number of hydrogen-bond donors (Lipinski definition) is 1. The topological polar surface area (TPSA) is 120 Å². The molecule has 1 aromatic carbocycles. The fraction of sp³-hybridized carbons (Fsp3) is 0.485. The van der Waals surface area contributed by atoms with Crippen molar-refractivity contribution in [3.05, 3.63) is 40.7 Å². The molecule has 3 aromatic heterocycles. The maximum atomic E-state index is 16.9. The van der Waals surface area contributed by atoms with Crippen LogP contribution >= 0.6 is 11.3 Å². The van der Waals surface area contributed by atoms with E-state index in [1.807, 2.05) is 0 Å². The van der Waals surface area contributed by atoms with Crippen LogP contribution in [0.4, 0.5) is 24.5 Å². The number of benzene rings is 1. The second-order valence-electron chi connectivity index (χ2n) is 13.5. The summed E-state index contributed by atoms with van der Waals surface area (Å²) in [6, 6.07) is 2.91.